The Morgan fingerprint density at radius 3 is 0.875 bits per heavy atom. The molecule has 0 heteroatoms. The summed E-state index contributed by atoms with van der Waals surface area (Å²) in [6.45, 7) is 6.95. The lowest BCUT2D eigenvalue weighted by molar-refractivity contribution is 0.366. The molecule has 0 amide bonds. The van der Waals surface area contributed by atoms with E-state index < -0.39 is 0 Å². The molecule has 0 aliphatic rings. The van der Waals surface area contributed by atoms with Crippen molar-refractivity contribution in [3.8, 4) is 0 Å². The molecule has 0 nitrogen and oxygen atoms in total. The molecular weight excluding hydrogens is 288 g/mol. The van der Waals surface area contributed by atoms with E-state index in [4.69, 9.17) is 0 Å². The normalized spacial score (nSPS) is 11.5. The zero-order valence-corrected chi connectivity index (χ0v) is 17.7. The third kappa shape index (κ3) is 18.3. The Morgan fingerprint density at radius 1 is 0.333 bits per heavy atom. The van der Waals surface area contributed by atoms with Crippen LogP contribution in [0.25, 0.3) is 0 Å². The van der Waals surface area contributed by atoms with E-state index in [9.17, 15) is 0 Å². The minimum atomic E-state index is 1.05. The molecule has 24 heavy (non-hydrogen) atoms. The quantitative estimate of drug-likeness (QED) is 0.194. The highest BCUT2D eigenvalue weighted by molar-refractivity contribution is 4.62. The molecule has 0 fully saturated rings. The average molecular weight is 339 g/mol. The molecule has 0 spiro atoms. The van der Waals surface area contributed by atoms with E-state index in [2.05, 4.69) is 20.8 Å². The van der Waals surface area contributed by atoms with Crippen molar-refractivity contribution in [2.75, 3.05) is 0 Å². The van der Waals surface area contributed by atoms with Gasteiger partial charge in [-0.1, -0.05) is 149 Å². The summed E-state index contributed by atoms with van der Waals surface area (Å²) in [5.41, 5.74) is 0. The highest BCUT2D eigenvalue weighted by Gasteiger charge is 2.08. The van der Waals surface area contributed by atoms with Crippen LogP contribution in [0.3, 0.4) is 0 Å². The number of hydrogen-bond donors (Lipinski definition) is 0. The van der Waals surface area contributed by atoms with E-state index in [1.54, 1.807) is 0 Å². The fourth-order valence-electron chi connectivity index (χ4n) is 3.90. The lowest BCUT2D eigenvalue weighted by Gasteiger charge is -2.17. The molecule has 0 radical (unpaired) electrons. The van der Waals surface area contributed by atoms with Gasteiger partial charge in [0.05, 0.1) is 0 Å². The maximum atomic E-state index is 2.32. The SMILES string of the molecule is CCCCCCCCC(CCCCCCC)CCCCCCCC. The second-order valence-corrected chi connectivity index (χ2v) is 8.18. The van der Waals surface area contributed by atoms with Gasteiger partial charge < -0.3 is 0 Å². The third-order valence-electron chi connectivity index (χ3n) is 5.65. The Hall–Kier alpha value is 0. The minimum Gasteiger partial charge on any atom is -0.0654 e. The van der Waals surface area contributed by atoms with Gasteiger partial charge in [-0.2, -0.15) is 0 Å². The largest absolute Gasteiger partial charge is 0.0654 e. The molecule has 146 valence electrons. The number of rotatable bonds is 20. The van der Waals surface area contributed by atoms with Crippen molar-refractivity contribution in [2.45, 2.75) is 149 Å². The Bertz CT molecular complexity index is 192. The van der Waals surface area contributed by atoms with Crippen LogP contribution in [-0.2, 0) is 0 Å². The zero-order chi connectivity index (χ0) is 17.7. The van der Waals surface area contributed by atoms with Crippen molar-refractivity contribution in [3.05, 3.63) is 0 Å². The van der Waals surface area contributed by atoms with Crippen LogP contribution in [-0.4, -0.2) is 0 Å². The summed E-state index contributed by atoms with van der Waals surface area (Å²) in [4.78, 5) is 0. The molecule has 0 saturated heterocycles. The fraction of sp³-hybridized carbons (Fsp3) is 1.00. The third-order valence-corrected chi connectivity index (χ3v) is 5.65. The van der Waals surface area contributed by atoms with Gasteiger partial charge in [-0.3, -0.25) is 0 Å². The molecular formula is C24H50. The van der Waals surface area contributed by atoms with Crippen molar-refractivity contribution in [3.63, 3.8) is 0 Å². The van der Waals surface area contributed by atoms with Crippen LogP contribution in [0, 0.1) is 5.92 Å². The molecule has 0 bridgehead atoms. The topological polar surface area (TPSA) is 0 Å². The maximum Gasteiger partial charge on any atom is -0.0414 e. The van der Waals surface area contributed by atoms with Crippen LogP contribution in [0.2, 0.25) is 0 Å². The Morgan fingerprint density at radius 2 is 0.583 bits per heavy atom. The van der Waals surface area contributed by atoms with Gasteiger partial charge in [0.1, 0.15) is 0 Å². The van der Waals surface area contributed by atoms with Gasteiger partial charge in [-0.15, -0.1) is 0 Å². The average Bonchev–Trinajstić information content (AvgIpc) is 2.60. The highest BCUT2D eigenvalue weighted by atomic mass is 14.1. The molecule has 0 heterocycles. The van der Waals surface area contributed by atoms with Gasteiger partial charge >= 0.3 is 0 Å². The van der Waals surface area contributed by atoms with Gasteiger partial charge in [0.25, 0.3) is 0 Å². The summed E-state index contributed by atoms with van der Waals surface area (Å²) in [5.74, 6) is 1.05. The second kappa shape index (κ2) is 21.0. The monoisotopic (exact) mass is 338 g/mol. The summed E-state index contributed by atoms with van der Waals surface area (Å²) < 4.78 is 0. The summed E-state index contributed by atoms with van der Waals surface area (Å²) in [7, 11) is 0. The second-order valence-electron chi connectivity index (χ2n) is 8.18. The molecule has 0 aromatic heterocycles. The van der Waals surface area contributed by atoms with Crippen molar-refractivity contribution >= 4 is 0 Å². The highest BCUT2D eigenvalue weighted by Crippen LogP contribution is 2.24. The molecule has 0 unspecified atom stereocenters. The Labute approximate surface area is 155 Å². The molecule has 0 aliphatic heterocycles. The van der Waals surface area contributed by atoms with E-state index in [1.807, 2.05) is 0 Å². The molecule has 0 aliphatic carbocycles. The lowest BCUT2D eigenvalue weighted by Crippen LogP contribution is -2.01. The van der Waals surface area contributed by atoms with E-state index in [1.165, 1.54) is 128 Å². The van der Waals surface area contributed by atoms with Crippen LogP contribution >= 0.6 is 0 Å². The van der Waals surface area contributed by atoms with Crippen molar-refractivity contribution < 1.29 is 0 Å². The summed E-state index contributed by atoms with van der Waals surface area (Å²) in [5, 5.41) is 0. The van der Waals surface area contributed by atoms with Gasteiger partial charge in [0.2, 0.25) is 0 Å². The zero-order valence-electron chi connectivity index (χ0n) is 17.7. The minimum absolute atomic E-state index is 1.05. The first-order chi connectivity index (χ1) is 11.8. The smallest absolute Gasteiger partial charge is 0.0414 e. The van der Waals surface area contributed by atoms with Crippen molar-refractivity contribution in [1.29, 1.82) is 0 Å². The predicted molar refractivity (Wildman–Crippen MR) is 113 cm³/mol. The van der Waals surface area contributed by atoms with Crippen LogP contribution < -0.4 is 0 Å². The van der Waals surface area contributed by atoms with Gasteiger partial charge in [0, 0.05) is 0 Å². The molecule has 0 atom stereocenters. The summed E-state index contributed by atoms with van der Waals surface area (Å²) in [6, 6.07) is 0. The van der Waals surface area contributed by atoms with Gasteiger partial charge in [-0.05, 0) is 5.92 Å². The molecule has 0 aromatic carbocycles. The predicted octanol–water partition coefficient (Wildman–Crippen LogP) is 9.46. The van der Waals surface area contributed by atoms with Gasteiger partial charge in [-0.25, -0.2) is 0 Å². The standard InChI is InChI=1S/C24H50/c1-4-7-10-13-16-19-22-24(21-18-15-12-9-6-3)23-20-17-14-11-8-5-2/h24H,4-23H2,1-3H3. The van der Waals surface area contributed by atoms with Gasteiger partial charge in [0.15, 0.2) is 0 Å². The van der Waals surface area contributed by atoms with E-state index in [0.717, 1.165) is 5.92 Å². The van der Waals surface area contributed by atoms with Crippen molar-refractivity contribution in [2.24, 2.45) is 5.92 Å². The van der Waals surface area contributed by atoms with E-state index >= 15 is 0 Å². The number of hydrogen-bond acceptors (Lipinski definition) is 0. The molecule has 0 N–H and O–H groups in total. The van der Waals surface area contributed by atoms with Crippen LogP contribution in [0.15, 0.2) is 0 Å². The van der Waals surface area contributed by atoms with Crippen LogP contribution in [0.4, 0.5) is 0 Å². The Kier molecular flexibility index (Phi) is 21.0. The lowest BCUT2D eigenvalue weighted by atomic mass is 9.89. The van der Waals surface area contributed by atoms with E-state index in [0.29, 0.717) is 0 Å². The first-order valence-electron chi connectivity index (χ1n) is 11.8. The van der Waals surface area contributed by atoms with E-state index in [-0.39, 0.29) is 0 Å². The van der Waals surface area contributed by atoms with Crippen LogP contribution in [0.5, 0.6) is 0 Å². The van der Waals surface area contributed by atoms with Crippen molar-refractivity contribution in [1.82, 2.24) is 0 Å². The summed E-state index contributed by atoms with van der Waals surface area (Å²) >= 11 is 0. The summed E-state index contributed by atoms with van der Waals surface area (Å²) in [6.07, 6.45) is 29.3. The molecule has 0 saturated carbocycles. The first-order valence-corrected chi connectivity index (χ1v) is 11.8. The maximum absolute atomic E-state index is 2.32. The number of unbranched alkanes of at least 4 members (excludes halogenated alkanes) is 14. The molecule has 0 aromatic rings. The first kappa shape index (κ1) is 24.0. The van der Waals surface area contributed by atoms with Crippen LogP contribution in [0.1, 0.15) is 149 Å². The fourth-order valence-corrected chi connectivity index (χ4v) is 3.90. The molecule has 0 rings (SSSR count). The Balaban J connectivity index is 3.74.